The van der Waals surface area contributed by atoms with Crippen molar-refractivity contribution in [3.05, 3.63) is 72.9 Å². The molecule has 6 heteroatoms. The van der Waals surface area contributed by atoms with Crippen molar-refractivity contribution in [2.75, 3.05) is 16.0 Å². The number of urea groups is 1. The van der Waals surface area contributed by atoms with Gasteiger partial charge in [-0.2, -0.15) is 0 Å². The van der Waals surface area contributed by atoms with Gasteiger partial charge < -0.3 is 15.4 Å². The van der Waals surface area contributed by atoms with Crippen LogP contribution in [0.5, 0.6) is 5.75 Å². The summed E-state index contributed by atoms with van der Waals surface area (Å²) in [6.45, 7) is 3.99. The maximum absolute atomic E-state index is 12.0. The molecule has 2 amide bonds. The summed E-state index contributed by atoms with van der Waals surface area (Å²) in [6, 6.07) is 20.2. The van der Waals surface area contributed by atoms with E-state index in [-0.39, 0.29) is 12.1 Å². The lowest BCUT2D eigenvalue weighted by atomic mass is 10.3. The highest BCUT2D eigenvalue weighted by molar-refractivity contribution is 5.99. The number of aromatic nitrogens is 1. The number of pyridine rings is 1. The first-order chi connectivity index (χ1) is 13.1. The normalized spacial score (nSPS) is 10.3. The van der Waals surface area contributed by atoms with Crippen LogP contribution in [0.4, 0.5) is 27.7 Å². The minimum atomic E-state index is -0.338. The Morgan fingerprint density at radius 2 is 1.56 bits per heavy atom. The van der Waals surface area contributed by atoms with E-state index in [1.54, 1.807) is 12.3 Å². The number of hydrogen-bond donors (Lipinski definition) is 3. The summed E-state index contributed by atoms with van der Waals surface area (Å²) < 4.78 is 5.63. The van der Waals surface area contributed by atoms with Crippen LogP contribution < -0.4 is 20.7 Å². The van der Waals surface area contributed by atoms with Crippen LogP contribution in [0.1, 0.15) is 13.8 Å². The Hall–Kier alpha value is -3.54. The van der Waals surface area contributed by atoms with Crippen LogP contribution in [0, 0.1) is 0 Å². The summed E-state index contributed by atoms with van der Waals surface area (Å²) in [4.78, 5) is 16.2. The summed E-state index contributed by atoms with van der Waals surface area (Å²) in [6.07, 6.45) is 1.81. The standard InChI is InChI=1S/C21H22N4O2/c1-15(2)27-19-11-8-17(9-12-19)23-18-10-13-20(22-14-18)25-21(26)24-16-6-4-3-5-7-16/h3-15,23H,1-2H3,(H2,22,24,25,26). The van der Waals surface area contributed by atoms with E-state index < -0.39 is 0 Å². The van der Waals surface area contributed by atoms with Gasteiger partial charge in [0.25, 0.3) is 0 Å². The molecule has 0 aliphatic heterocycles. The lowest BCUT2D eigenvalue weighted by molar-refractivity contribution is 0.242. The zero-order chi connectivity index (χ0) is 19.1. The van der Waals surface area contributed by atoms with Crippen molar-refractivity contribution in [3.8, 4) is 5.75 Å². The minimum Gasteiger partial charge on any atom is -0.491 e. The smallest absolute Gasteiger partial charge is 0.324 e. The van der Waals surface area contributed by atoms with Gasteiger partial charge in [-0.05, 0) is 62.4 Å². The van der Waals surface area contributed by atoms with Crippen molar-refractivity contribution in [1.82, 2.24) is 4.98 Å². The average molecular weight is 362 g/mol. The Bertz CT molecular complexity index is 863. The molecule has 3 N–H and O–H groups in total. The Balaban J connectivity index is 1.54. The average Bonchev–Trinajstić information content (AvgIpc) is 2.65. The molecule has 0 saturated carbocycles. The largest absolute Gasteiger partial charge is 0.491 e. The zero-order valence-corrected chi connectivity index (χ0v) is 15.3. The Labute approximate surface area is 158 Å². The van der Waals surface area contributed by atoms with Gasteiger partial charge in [0.15, 0.2) is 0 Å². The molecular weight excluding hydrogens is 340 g/mol. The van der Waals surface area contributed by atoms with Crippen LogP contribution in [0.25, 0.3) is 0 Å². The van der Waals surface area contributed by atoms with E-state index >= 15 is 0 Å². The molecule has 3 rings (SSSR count). The van der Waals surface area contributed by atoms with Crippen molar-refractivity contribution < 1.29 is 9.53 Å². The molecule has 0 saturated heterocycles. The topological polar surface area (TPSA) is 75.3 Å². The lowest BCUT2D eigenvalue weighted by Gasteiger charge is -2.11. The lowest BCUT2D eigenvalue weighted by Crippen LogP contribution is -2.19. The molecule has 0 bridgehead atoms. The summed E-state index contributed by atoms with van der Waals surface area (Å²) >= 11 is 0. The van der Waals surface area contributed by atoms with Gasteiger partial charge in [0, 0.05) is 11.4 Å². The van der Waals surface area contributed by atoms with E-state index in [4.69, 9.17) is 4.74 Å². The predicted octanol–water partition coefficient (Wildman–Crippen LogP) is 5.26. The molecule has 0 aliphatic carbocycles. The molecule has 1 heterocycles. The fourth-order valence-electron chi connectivity index (χ4n) is 2.40. The number of rotatable bonds is 6. The Morgan fingerprint density at radius 1 is 0.852 bits per heavy atom. The van der Waals surface area contributed by atoms with Crippen LogP contribution in [0.2, 0.25) is 0 Å². The number of nitrogens with zero attached hydrogens (tertiary/aromatic N) is 1. The number of para-hydroxylation sites is 1. The summed E-state index contributed by atoms with van der Waals surface area (Å²) in [5.41, 5.74) is 2.47. The second kappa shape index (κ2) is 8.71. The first kappa shape index (κ1) is 18.3. The van der Waals surface area contributed by atoms with Crippen LogP contribution in [0.15, 0.2) is 72.9 Å². The summed E-state index contributed by atoms with van der Waals surface area (Å²) in [5, 5.41) is 8.71. The van der Waals surface area contributed by atoms with Crippen molar-refractivity contribution in [2.45, 2.75) is 20.0 Å². The SMILES string of the molecule is CC(C)Oc1ccc(Nc2ccc(NC(=O)Nc3ccccc3)nc2)cc1. The highest BCUT2D eigenvalue weighted by Crippen LogP contribution is 2.21. The third-order valence-electron chi connectivity index (χ3n) is 3.55. The fourth-order valence-corrected chi connectivity index (χ4v) is 2.40. The predicted molar refractivity (Wildman–Crippen MR) is 109 cm³/mol. The third kappa shape index (κ3) is 5.74. The van der Waals surface area contributed by atoms with Crippen molar-refractivity contribution in [2.24, 2.45) is 0 Å². The molecule has 0 radical (unpaired) electrons. The highest BCUT2D eigenvalue weighted by atomic mass is 16.5. The zero-order valence-electron chi connectivity index (χ0n) is 15.3. The van der Waals surface area contributed by atoms with E-state index in [0.717, 1.165) is 22.8 Å². The number of hydrogen-bond acceptors (Lipinski definition) is 4. The number of benzene rings is 2. The number of anilines is 4. The van der Waals surface area contributed by atoms with Gasteiger partial charge in [-0.3, -0.25) is 5.32 Å². The molecule has 27 heavy (non-hydrogen) atoms. The minimum absolute atomic E-state index is 0.146. The van der Waals surface area contributed by atoms with Crippen LogP contribution >= 0.6 is 0 Å². The number of carbonyl (C=O) groups is 1. The van der Waals surface area contributed by atoms with Gasteiger partial charge in [-0.15, -0.1) is 0 Å². The van der Waals surface area contributed by atoms with Gasteiger partial charge in [0.05, 0.1) is 18.0 Å². The monoisotopic (exact) mass is 362 g/mol. The van der Waals surface area contributed by atoms with E-state index in [0.29, 0.717) is 5.82 Å². The molecule has 0 atom stereocenters. The quantitative estimate of drug-likeness (QED) is 0.559. The van der Waals surface area contributed by atoms with Crippen molar-refractivity contribution >= 4 is 28.9 Å². The molecule has 3 aromatic rings. The van der Waals surface area contributed by atoms with Gasteiger partial charge in [-0.25, -0.2) is 9.78 Å². The molecule has 0 fully saturated rings. The maximum Gasteiger partial charge on any atom is 0.324 e. The maximum atomic E-state index is 12.0. The third-order valence-corrected chi connectivity index (χ3v) is 3.55. The molecule has 0 unspecified atom stereocenters. The Kier molecular flexibility index (Phi) is 5.89. The molecule has 6 nitrogen and oxygen atoms in total. The summed E-state index contributed by atoms with van der Waals surface area (Å²) in [5.74, 6) is 1.30. The second-order valence-electron chi connectivity index (χ2n) is 6.19. The molecule has 0 spiro atoms. The van der Waals surface area contributed by atoms with E-state index in [1.807, 2.05) is 74.5 Å². The molecule has 2 aromatic carbocycles. The molecule has 138 valence electrons. The first-order valence-electron chi connectivity index (χ1n) is 8.71. The Morgan fingerprint density at radius 3 is 2.19 bits per heavy atom. The molecule has 1 aromatic heterocycles. The van der Waals surface area contributed by atoms with Crippen LogP contribution in [-0.2, 0) is 0 Å². The first-order valence-corrected chi connectivity index (χ1v) is 8.71. The second-order valence-corrected chi connectivity index (χ2v) is 6.19. The van der Waals surface area contributed by atoms with Gasteiger partial charge in [0.1, 0.15) is 11.6 Å². The van der Waals surface area contributed by atoms with E-state index in [2.05, 4.69) is 20.9 Å². The van der Waals surface area contributed by atoms with E-state index in [1.165, 1.54) is 0 Å². The van der Waals surface area contributed by atoms with Crippen molar-refractivity contribution in [3.63, 3.8) is 0 Å². The number of nitrogens with one attached hydrogen (secondary N) is 3. The van der Waals surface area contributed by atoms with Gasteiger partial charge >= 0.3 is 6.03 Å². The fraction of sp³-hybridized carbons (Fsp3) is 0.143. The summed E-state index contributed by atoms with van der Waals surface area (Å²) in [7, 11) is 0. The van der Waals surface area contributed by atoms with Crippen LogP contribution in [-0.4, -0.2) is 17.1 Å². The molecule has 0 aliphatic rings. The highest BCUT2D eigenvalue weighted by Gasteiger charge is 2.04. The van der Waals surface area contributed by atoms with Gasteiger partial charge in [0.2, 0.25) is 0 Å². The molecular formula is C21H22N4O2. The van der Waals surface area contributed by atoms with E-state index in [9.17, 15) is 4.79 Å². The van der Waals surface area contributed by atoms with Crippen LogP contribution in [0.3, 0.4) is 0 Å². The number of ether oxygens (including phenoxy) is 1. The van der Waals surface area contributed by atoms with Crippen molar-refractivity contribution in [1.29, 1.82) is 0 Å². The number of carbonyl (C=O) groups excluding carboxylic acids is 1. The van der Waals surface area contributed by atoms with Gasteiger partial charge in [-0.1, -0.05) is 18.2 Å². The number of amides is 2.